The minimum atomic E-state index is -0.0668. The summed E-state index contributed by atoms with van der Waals surface area (Å²) in [5, 5.41) is 4.43. The lowest BCUT2D eigenvalue weighted by atomic mass is 10.1. The van der Waals surface area contributed by atoms with Crippen molar-refractivity contribution in [2.24, 2.45) is 0 Å². The van der Waals surface area contributed by atoms with Crippen LogP contribution in [0.5, 0.6) is 0 Å². The van der Waals surface area contributed by atoms with Gasteiger partial charge in [-0.05, 0) is 30.5 Å². The second-order valence-corrected chi connectivity index (χ2v) is 6.66. The molecule has 25 heavy (non-hydrogen) atoms. The van der Waals surface area contributed by atoms with E-state index in [4.69, 9.17) is 0 Å². The van der Waals surface area contributed by atoms with E-state index in [0.29, 0.717) is 19.6 Å². The van der Waals surface area contributed by atoms with E-state index in [2.05, 4.69) is 16.1 Å². The number of anilines is 1. The molecule has 0 N–H and O–H groups in total. The number of fused-ring (bicyclic) bond motifs is 2. The molecule has 0 spiro atoms. The summed E-state index contributed by atoms with van der Waals surface area (Å²) < 4.78 is 1.50. The van der Waals surface area contributed by atoms with Crippen molar-refractivity contribution in [2.75, 3.05) is 24.5 Å². The molecule has 4 rings (SSSR count). The standard InChI is InChI=1S/C19H22N4O2/c1-2-23-18(24)11-15-12-21(9-8-16(15)20-23)13-19(25)22-10-7-14-5-3-4-6-17(14)22/h3-6,11H,2,7-10,12-13H2,1H3. The van der Waals surface area contributed by atoms with Gasteiger partial charge in [0, 0.05) is 44.4 Å². The van der Waals surface area contributed by atoms with Crippen LogP contribution in [-0.2, 0) is 30.7 Å². The topological polar surface area (TPSA) is 58.4 Å². The molecule has 0 bridgehead atoms. The molecule has 0 fully saturated rings. The Hall–Kier alpha value is -2.47. The van der Waals surface area contributed by atoms with Gasteiger partial charge in [0.25, 0.3) is 5.56 Å². The highest BCUT2D eigenvalue weighted by Crippen LogP contribution is 2.27. The predicted octanol–water partition coefficient (Wildman–Crippen LogP) is 1.21. The fourth-order valence-corrected chi connectivity index (χ4v) is 3.73. The van der Waals surface area contributed by atoms with Crippen LogP contribution in [0.15, 0.2) is 35.1 Å². The Morgan fingerprint density at radius 2 is 2.00 bits per heavy atom. The molecule has 1 aromatic carbocycles. The monoisotopic (exact) mass is 338 g/mol. The maximum absolute atomic E-state index is 12.8. The number of carbonyl (C=O) groups excluding carboxylic acids is 1. The number of benzene rings is 1. The number of para-hydroxylation sites is 1. The van der Waals surface area contributed by atoms with E-state index < -0.39 is 0 Å². The molecule has 2 aliphatic heterocycles. The molecule has 0 atom stereocenters. The first-order chi connectivity index (χ1) is 12.2. The van der Waals surface area contributed by atoms with Crippen LogP contribution in [0.2, 0.25) is 0 Å². The summed E-state index contributed by atoms with van der Waals surface area (Å²) in [5.74, 6) is 0.128. The van der Waals surface area contributed by atoms with Gasteiger partial charge in [0.05, 0.1) is 12.2 Å². The first-order valence-electron chi connectivity index (χ1n) is 8.86. The number of aryl methyl sites for hydroxylation is 1. The van der Waals surface area contributed by atoms with Crippen molar-refractivity contribution in [3.8, 4) is 0 Å². The van der Waals surface area contributed by atoms with Crippen LogP contribution < -0.4 is 10.5 Å². The van der Waals surface area contributed by atoms with E-state index in [-0.39, 0.29) is 11.5 Å². The molecule has 0 saturated heterocycles. The predicted molar refractivity (Wildman–Crippen MR) is 95.7 cm³/mol. The highest BCUT2D eigenvalue weighted by molar-refractivity contribution is 5.96. The van der Waals surface area contributed by atoms with Gasteiger partial charge in [-0.25, -0.2) is 4.68 Å². The molecule has 3 heterocycles. The first-order valence-corrected chi connectivity index (χ1v) is 8.86. The zero-order chi connectivity index (χ0) is 17.4. The number of rotatable bonds is 3. The highest BCUT2D eigenvalue weighted by atomic mass is 16.2. The average molecular weight is 338 g/mol. The summed E-state index contributed by atoms with van der Waals surface area (Å²) >= 11 is 0. The second kappa shape index (κ2) is 6.44. The highest BCUT2D eigenvalue weighted by Gasteiger charge is 2.27. The number of nitrogens with zero attached hydrogens (tertiary/aromatic N) is 4. The van der Waals surface area contributed by atoms with E-state index in [1.807, 2.05) is 30.0 Å². The van der Waals surface area contributed by atoms with Crippen molar-refractivity contribution in [1.29, 1.82) is 0 Å². The van der Waals surface area contributed by atoms with Gasteiger partial charge in [0.15, 0.2) is 0 Å². The fourth-order valence-electron chi connectivity index (χ4n) is 3.73. The molecule has 130 valence electrons. The third kappa shape index (κ3) is 2.98. The largest absolute Gasteiger partial charge is 0.311 e. The van der Waals surface area contributed by atoms with Crippen molar-refractivity contribution >= 4 is 11.6 Å². The molecule has 6 nitrogen and oxygen atoms in total. The maximum atomic E-state index is 12.8. The van der Waals surface area contributed by atoms with Gasteiger partial charge < -0.3 is 4.90 Å². The van der Waals surface area contributed by atoms with Crippen molar-refractivity contribution < 1.29 is 4.79 Å². The molecule has 0 saturated carbocycles. The van der Waals surface area contributed by atoms with Gasteiger partial charge in [0.1, 0.15) is 0 Å². The molecule has 0 aliphatic carbocycles. The summed E-state index contributed by atoms with van der Waals surface area (Å²) in [5.41, 5.74) is 4.15. The van der Waals surface area contributed by atoms with Crippen LogP contribution in [0.1, 0.15) is 23.7 Å². The van der Waals surface area contributed by atoms with Crippen LogP contribution >= 0.6 is 0 Å². The molecule has 1 amide bonds. The van der Waals surface area contributed by atoms with Gasteiger partial charge in [0.2, 0.25) is 5.91 Å². The third-order valence-corrected chi connectivity index (χ3v) is 5.07. The minimum absolute atomic E-state index is 0.0668. The number of carbonyl (C=O) groups is 1. The quantitative estimate of drug-likeness (QED) is 0.844. The zero-order valence-electron chi connectivity index (χ0n) is 14.4. The Labute approximate surface area is 146 Å². The van der Waals surface area contributed by atoms with Crippen LogP contribution in [-0.4, -0.2) is 40.2 Å². The smallest absolute Gasteiger partial charge is 0.267 e. The minimum Gasteiger partial charge on any atom is -0.311 e. The molecule has 6 heteroatoms. The number of amides is 1. The van der Waals surface area contributed by atoms with Crippen molar-refractivity contribution in [1.82, 2.24) is 14.7 Å². The van der Waals surface area contributed by atoms with E-state index in [1.54, 1.807) is 6.07 Å². The summed E-state index contributed by atoms with van der Waals surface area (Å²) in [7, 11) is 0. The lowest BCUT2D eigenvalue weighted by Gasteiger charge is -2.29. The van der Waals surface area contributed by atoms with Gasteiger partial charge in [-0.2, -0.15) is 5.10 Å². The van der Waals surface area contributed by atoms with Crippen LogP contribution in [0.4, 0.5) is 5.69 Å². The molecule has 2 aliphatic rings. The van der Waals surface area contributed by atoms with E-state index in [9.17, 15) is 9.59 Å². The molecular weight excluding hydrogens is 316 g/mol. The third-order valence-electron chi connectivity index (χ3n) is 5.07. The van der Waals surface area contributed by atoms with E-state index in [0.717, 1.165) is 42.9 Å². The van der Waals surface area contributed by atoms with Gasteiger partial charge in [-0.3, -0.25) is 14.5 Å². The number of aromatic nitrogens is 2. The zero-order valence-corrected chi connectivity index (χ0v) is 14.4. The second-order valence-electron chi connectivity index (χ2n) is 6.66. The Kier molecular flexibility index (Phi) is 4.13. The maximum Gasteiger partial charge on any atom is 0.267 e. The van der Waals surface area contributed by atoms with E-state index >= 15 is 0 Å². The lowest BCUT2D eigenvalue weighted by Crippen LogP contribution is -2.42. The molecule has 1 aromatic heterocycles. The SMILES string of the molecule is CCn1nc2c(cc1=O)CN(CC(=O)N1CCc3ccccc31)CC2. The Morgan fingerprint density at radius 1 is 1.16 bits per heavy atom. The van der Waals surface area contributed by atoms with Crippen LogP contribution in [0.25, 0.3) is 0 Å². The first kappa shape index (κ1) is 16.0. The van der Waals surface area contributed by atoms with Crippen LogP contribution in [0.3, 0.4) is 0 Å². The fraction of sp³-hybridized carbons (Fsp3) is 0.421. The van der Waals surface area contributed by atoms with Gasteiger partial charge in [-0.15, -0.1) is 0 Å². The number of hydrogen-bond donors (Lipinski definition) is 0. The summed E-state index contributed by atoms with van der Waals surface area (Å²) in [6, 6.07) is 9.77. The van der Waals surface area contributed by atoms with Crippen molar-refractivity contribution in [3.05, 3.63) is 57.5 Å². The average Bonchev–Trinajstić information content (AvgIpc) is 3.05. The van der Waals surface area contributed by atoms with Gasteiger partial charge in [-0.1, -0.05) is 18.2 Å². The number of hydrogen-bond acceptors (Lipinski definition) is 4. The summed E-state index contributed by atoms with van der Waals surface area (Å²) in [4.78, 5) is 28.8. The van der Waals surface area contributed by atoms with Crippen molar-refractivity contribution in [2.45, 2.75) is 32.9 Å². The Bertz CT molecular complexity index is 874. The Morgan fingerprint density at radius 3 is 2.84 bits per heavy atom. The molecule has 0 unspecified atom stereocenters. The summed E-state index contributed by atoms with van der Waals surface area (Å²) in [6.07, 6.45) is 1.70. The molecule has 0 radical (unpaired) electrons. The van der Waals surface area contributed by atoms with Gasteiger partial charge >= 0.3 is 0 Å². The lowest BCUT2D eigenvalue weighted by molar-refractivity contribution is -0.119. The normalized spacial score (nSPS) is 16.6. The Balaban J connectivity index is 1.47. The molecular formula is C19H22N4O2. The molecule has 2 aromatic rings. The van der Waals surface area contributed by atoms with Crippen LogP contribution in [0, 0.1) is 0 Å². The van der Waals surface area contributed by atoms with E-state index in [1.165, 1.54) is 10.2 Å². The summed E-state index contributed by atoms with van der Waals surface area (Å²) in [6.45, 7) is 5.05. The van der Waals surface area contributed by atoms with Crippen molar-refractivity contribution in [3.63, 3.8) is 0 Å².